The molecule has 16 heavy (non-hydrogen) atoms. The highest BCUT2D eigenvalue weighted by Gasteiger charge is 1.97. The zero-order valence-electron chi connectivity index (χ0n) is 8.85. The number of benzene rings is 1. The Balaban J connectivity index is 2.03. The smallest absolute Gasteiger partial charge is 0.0594 e. The van der Waals surface area contributed by atoms with E-state index in [1.807, 2.05) is 30.3 Å². The highest BCUT2D eigenvalue weighted by atomic mass is 14.9. The Bertz CT molecular complexity index is 468. The van der Waals surface area contributed by atoms with E-state index in [1.54, 1.807) is 12.3 Å². The van der Waals surface area contributed by atoms with Gasteiger partial charge in [0, 0.05) is 11.9 Å². The van der Waals surface area contributed by atoms with Crippen LogP contribution in [-0.4, -0.2) is 4.98 Å². The molecule has 2 rings (SSSR count). The number of nitrogen functional groups attached to an aromatic ring is 2. The molecular formula is C12H14N4. The zero-order valence-corrected chi connectivity index (χ0v) is 8.85. The van der Waals surface area contributed by atoms with Crippen molar-refractivity contribution in [3.8, 4) is 0 Å². The predicted octanol–water partition coefficient (Wildman–Crippen LogP) is 1.86. The summed E-state index contributed by atoms with van der Waals surface area (Å²) in [4.78, 5) is 4.22. The molecule has 1 heterocycles. The Morgan fingerprint density at radius 1 is 1.06 bits per heavy atom. The molecule has 1 aromatic heterocycles. The highest BCUT2D eigenvalue weighted by molar-refractivity contribution is 5.69. The molecule has 0 unspecified atom stereocenters. The van der Waals surface area contributed by atoms with Crippen molar-refractivity contribution in [1.29, 1.82) is 0 Å². The van der Waals surface area contributed by atoms with E-state index in [-0.39, 0.29) is 0 Å². The number of hydrogen-bond acceptors (Lipinski definition) is 4. The van der Waals surface area contributed by atoms with Crippen LogP contribution in [-0.2, 0) is 6.54 Å². The van der Waals surface area contributed by atoms with Gasteiger partial charge in [-0.3, -0.25) is 4.98 Å². The molecule has 4 nitrogen and oxygen atoms in total. The summed E-state index contributed by atoms with van der Waals surface area (Å²) in [6.45, 7) is 0.671. The van der Waals surface area contributed by atoms with Crippen LogP contribution in [0.25, 0.3) is 0 Å². The van der Waals surface area contributed by atoms with Gasteiger partial charge in [-0.25, -0.2) is 0 Å². The van der Waals surface area contributed by atoms with Gasteiger partial charge in [0.05, 0.1) is 23.6 Å². The fraction of sp³-hybridized carbons (Fsp3) is 0.0833. The predicted molar refractivity (Wildman–Crippen MR) is 66.8 cm³/mol. The third-order valence-electron chi connectivity index (χ3n) is 2.29. The number of nitrogens with zero attached hydrogens (tertiary/aromatic N) is 1. The number of nitrogens with one attached hydrogen (secondary N) is 1. The quantitative estimate of drug-likeness (QED) is 0.681. The van der Waals surface area contributed by atoms with Gasteiger partial charge >= 0.3 is 0 Å². The molecule has 0 amide bonds. The van der Waals surface area contributed by atoms with E-state index >= 15 is 0 Å². The molecule has 0 aliphatic heterocycles. The third-order valence-corrected chi connectivity index (χ3v) is 2.29. The fourth-order valence-electron chi connectivity index (χ4n) is 1.38. The maximum Gasteiger partial charge on any atom is 0.0594 e. The number of nitrogens with two attached hydrogens (primary N) is 2. The lowest BCUT2D eigenvalue weighted by atomic mass is 10.2. The Hall–Kier alpha value is -2.23. The lowest BCUT2D eigenvalue weighted by molar-refractivity contribution is 1.05. The summed E-state index contributed by atoms with van der Waals surface area (Å²) in [5, 5.41) is 3.23. The average molecular weight is 214 g/mol. The van der Waals surface area contributed by atoms with Gasteiger partial charge in [-0.15, -0.1) is 0 Å². The van der Waals surface area contributed by atoms with E-state index in [0.717, 1.165) is 11.4 Å². The molecule has 0 saturated carbocycles. The molecule has 4 heteroatoms. The first kappa shape index (κ1) is 10.3. The van der Waals surface area contributed by atoms with Crippen molar-refractivity contribution in [2.45, 2.75) is 6.54 Å². The molecule has 5 N–H and O–H groups in total. The molecule has 0 fully saturated rings. The van der Waals surface area contributed by atoms with Crippen molar-refractivity contribution in [3.63, 3.8) is 0 Å². The number of anilines is 3. The summed E-state index contributed by atoms with van der Waals surface area (Å²) in [5.41, 5.74) is 14.5. The second-order valence-electron chi connectivity index (χ2n) is 3.52. The van der Waals surface area contributed by atoms with Gasteiger partial charge in [0.25, 0.3) is 0 Å². The van der Waals surface area contributed by atoms with Crippen molar-refractivity contribution in [2.24, 2.45) is 0 Å². The highest BCUT2D eigenvalue weighted by Crippen LogP contribution is 2.19. The van der Waals surface area contributed by atoms with Crippen LogP contribution >= 0.6 is 0 Å². The van der Waals surface area contributed by atoms with Crippen LogP contribution in [0.4, 0.5) is 17.1 Å². The normalized spacial score (nSPS) is 10.0. The van der Waals surface area contributed by atoms with Crippen molar-refractivity contribution in [1.82, 2.24) is 4.98 Å². The number of pyridine rings is 1. The molecule has 0 bridgehead atoms. The molecule has 0 aliphatic rings. The summed E-state index contributed by atoms with van der Waals surface area (Å²) in [6, 6.07) is 11.3. The van der Waals surface area contributed by atoms with Gasteiger partial charge < -0.3 is 16.8 Å². The Morgan fingerprint density at radius 3 is 2.62 bits per heavy atom. The molecule has 2 aromatic rings. The molecule has 1 aromatic carbocycles. The maximum absolute atomic E-state index is 5.71. The lowest BCUT2D eigenvalue weighted by Gasteiger charge is -2.07. The van der Waals surface area contributed by atoms with Crippen LogP contribution in [0.3, 0.4) is 0 Å². The molecule has 0 spiro atoms. The van der Waals surface area contributed by atoms with Gasteiger partial charge in [0.2, 0.25) is 0 Å². The second kappa shape index (κ2) is 4.53. The molecule has 0 atom stereocenters. The maximum atomic E-state index is 5.71. The Labute approximate surface area is 94.3 Å². The number of aromatic nitrogens is 1. The largest absolute Gasteiger partial charge is 0.397 e. The lowest BCUT2D eigenvalue weighted by Crippen LogP contribution is -2.02. The molecule has 0 saturated heterocycles. The molecule has 82 valence electrons. The van der Waals surface area contributed by atoms with E-state index in [9.17, 15) is 0 Å². The van der Waals surface area contributed by atoms with E-state index in [1.165, 1.54) is 0 Å². The summed E-state index contributed by atoms with van der Waals surface area (Å²) in [5.74, 6) is 0. The van der Waals surface area contributed by atoms with Crippen molar-refractivity contribution >= 4 is 17.1 Å². The van der Waals surface area contributed by atoms with Crippen molar-refractivity contribution in [2.75, 3.05) is 16.8 Å². The minimum atomic E-state index is 0.589. The molecule has 0 radical (unpaired) electrons. The summed E-state index contributed by atoms with van der Waals surface area (Å²) >= 11 is 0. The zero-order chi connectivity index (χ0) is 11.4. The first-order valence-corrected chi connectivity index (χ1v) is 5.04. The SMILES string of the molecule is Nc1ccc(NCc2ccccn2)cc1N. The summed E-state index contributed by atoms with van der Waals surface area (Å²) in [7, 11) is 0. The van der Waals surface area contributed by atoms with Crippen LogP contribution in [0.2, 0.25) is 0 Å². The van der Waals surface area contributed by atoms with Gasteiger partial charge in [-0.2, -0.15) is 0 Å². The third kappa shape index (κ3) is 2.42. The van der Waals surface area contributed by atoms with E-state index in [0.29, 0.717) is 17.9 Å². The van der Waals surface area contributed by atoms with Crippen molar-refractivity contribution < 1.29 is 0 Å². The van der Waals surface area contributed by atoms with Gasteiger partial charge in [0.1, 0.15) is 0 Å². The van der Waals surface area contributed by atoms with Crippen LogP contribution in [0.5, 0.6) is 0 Å². The Kier molecular flexibility index (Phi) is 2.91. The number of rotatable bonds is 3. The minimum Gasteiger partial charge on any atom is -0.397 e. The monoisotopic (exact) mass is 214 g/mol. The van der Waals surface area contributed by atoms with Crippen molar-refractivity contribution in [3.05, 3.63) is 48.3 Å². The minimum absolute atomic E-state index is 0.589. The Morgan fingerprint density at radius 2 is 1.94 bits per heavy atom. The molecule has 0 aliphatic carbocycles. The van der Waals surface area contributed by atoms with E-state index in [2.05, 4.69) is 10.3 Å². The topological polar surface area (TPSA) is 77.0 Å². The van der Waals surface area contributed by atoms with E-state index < -0.39 is 0 Å². The second-order valence-corrected chi connectivity index (χ2v) is 3.52. The molecular weight excluding hydrogens is 200 g/mol. The van der Waals surface area contributed by atoms with Gasteiger partial charge in [-0.05, 0) is 30.3 Å². The van der Waals surface area contributed by atoms with Gasteiger partial charge in [0.15, 0.2) is 0 Å². The standard InChI is InChI=1S/C12H14N4/c13-11-5-4-9(7-12(11)14)16-8-10-3-1-2-6-15-10/h1-7,16H,8,13-14H2. The van der Waals surface area contributed by atoms with Crippen LogP contribution in [0.15, 0.2) is 42.6 Å². The number of hydrogen-bond donors (Lipinski definition) is 3. The van der Waals surface area contributed by atoms with E-state index in [4.69, 9.17) is 11.5 Å². The van der Waals surface area contributed by atoms with Crippen LogP contribution < -0.4 is 16.8 Å². The summed E-state index contributed by atoms with van der Waals surface area (Å²) < 4.78 is 0. The van der Waals surface area contributed by atoms with Crippen LogP contribution in [0, 0.1) is 0 Å². The first-order chi connectivity index (χ1) is 7.75. The summed E-state index contributed by atoms with van der Waals surface area (Å²) in [6.07, 6.45) is 1.77. The van der Waals surface area contributed by atoms with Crippen LogP contribution in [0.1, 0.15) is 5.69 Å². The average Bonchev–Trinajstić information content (AvgIpc) is 2.32. The first-order valence-electron chi connectivity index (χ1n) is 5.04. The van der Waals surface area contributed by atoms with Gasteiger partial charge in [-0.1, -0.05) is 6.07 Å². The fourth-order valence-corrected chi connectivity index (χ4v) is 1.38.